The summed E-state index contributed by atoms with van der Waals surface area (Å²) in [4.78, 5) is 26.8. The van der Waals surface area contributed by atoms with E-state index in [1.807, 2.05) is 37.3 Å². The van der Waals surface area contributed by atoms with Crippen molar-refractivity contribution in [2.75, 3.05) is 32.5 Å². The molecule has 1 heterocycles. The Morgan fingerprint density at radius 1 is 1.32 bits per heavy atom. The van der Waals surface area contributed by atoms with Crippen LogP contribution in [0.2, 0.25) is 0 Å². The molecule has 1 aliphatic heterocycles. The van der Waals surface area contributed by atoms with Crippen LogP contribution in [0.4, 0.5) is 0 Å². The number of thiol groups is 1. The first-order chi connectivity index (χ1) is 13.5. The second kappa shape index (κ2) is 8.97. The van der Waals surface area contributed by atoms with Gasteiger partial charge in [0, 0.05) is 18.8 Å². The molecule has 1 amide bonds. The molecule has 1 aliphatic rings. The summed E-state index contributed by atoms with van der Waals surface area (Å²) in [6, 6.07) is 11.8. The maximum atomic E-state index is 12.5. The lowest BCUT2D eigenvalue weighted by Crippen LogP contribution is -2.48. The van der Waals surface area contributed by atoms with Crippen molar-refractivity contribution >= 4 is 35.6 Å². The lowest BCUT2D eigenvalue weighted by Gasteiger charge is -2.32. The zero-order chi connectivity index (χ0) is 20.1. The number of fused-ring (bicyclic) bond motifs is 1. The van der Waals surface area contributed by atoms with Crippen molar-refractivity contribution in [1.82, 2.24) is 10.2 Å². The summed E-state index contributed by atoms with van der Waals surface area (Å²) in [6.45, 7) is 3.86. The van der Waals surface area contributed by atoms with Crippen molar-refractivity contribution in [3.8, 4) is 5.75 Å². The number of carbonyl (C=O) groups is 2. The summed E-state index contributed by atoms with van der Waals surface area (Å²) >= 11 is 4.15. The number of nitrogens with zero attached hydrogens (tertiary/aromatic N) is 1. The van der Waals surface area contributed by atoms with Crippen LogP contribution in [0.15, 0.2) is 36.4 Å². The normalized spacial score (nSPS) is 19.3. The highest BCUT2D eigenvalue weighted by molar-refractivity contribution is 7.80. The molecule has 1 fully saturated rings. The van der Waals surface area contributed by atoms with Crippen molar-refractivity contribution in [1.29, 1.82) is 0 Å². The Hall–Kier alpha value is -2.05. The lowest BCUT2D eigenvalue weighted by molar-refractivity contribution is -0.126. The average molecular weight is 401 g/mol. The van der Waals surface area contributed by atoms with Gasteiger partial charge in [-0.15, -0.1) is 0 Å². The molecule has 0 bridgehead atoms. The van der Waals surface area contributed by atoms with Crippen LogP contribution < -0.4 is 10.1 Å². The van der Waals surface area contributed by atoms with E-state index in [9.17, 15) is 9.59 Å². The fourth-order valence-electron chi connectivity index (χ4n) is 3.93. The fourth-order valence-corrected chi connectivity index (χ4v) is 4.05. The van der Waals surface area contributed by atoms with Crippen LogP contribution in [-0.2, 0) is 15.0 Å². The molecule has 0 aromatic heterocycles. The zero-order valence-corrected chi connectivity index (χ0v) is 17.4. The van der Waals surface area contributed by atoms with Gasteiger partial charge in [-0.2, -0.15) is 12.6 Å². The number of ether oxygens (including phenoxy) is 1. The molecule has 3 rings (SSSR count). The van der Waals surface area contributed by atoms with E-state index < -0.39 is 5.41 Å². The molecule has 5 nitrogen and oxygen atoms in total. The van der Waals surface area contributed by atoms with Crippen LogP contribution in [-0.4, -0.2) is 55.6 Å². The standard InChI is InChI=1S/C22H28N2O3S/c1-22(15-25,14-24-10-3-4-20(24)21(26)23-9-11-28)18-7-5-17-13-19(27-2)8-6-16(17)12-18/h5-8,12-13,15,20,28H,3-4,9-11,14H2,1-2H3,(H,23,26)/t20?,22-/m0/s1. The smallest absolute Gasteiger partial charge is 0.237 e. The van der Waals surface area contributed by atoms with E-state index in [-0.39, 0.29) is 11.9 Å². The van der Waals surface area contributed by atoms with E-state index in [1.165, 1.54) is 0 Å². The Morgan fingerprint density at radius 2 is 2.07 bits per heavy atom. The Balaban J connectivity index is 1.83. The fraction of sp³-hybridized carbons (Fsp3) is 0.455. The maximum absolute atomic E-state index is 12.5. The number of amides is 1. The highest BCUT2D eigenvalue weighted by Crippen LogP contribution is 2.30. The predicted octanol–water partition coefficient (Wildman–Crippen LogP) is 2.82. The van der Waals surface area contributed by atoms with Gasteiger partial charge in [0.25, 0.3) is 0 Å². The number of aldehydes is 1. The van der Waals surface area contributed by atoms with Crippen molar-refractivity contribution in [2.24, 2.45) is 0 Å². The van der Waals surface area contributed by atoms with Crippen LogP contribution >= 0.6 is 12.6 Å². The molecular weight excluding hydrogens is 372 g/mol. The van der Waals surface area contributed by atoms with Gasteiger partial charge >= 0.3 is 0 Å². The van der Waals surface area contributed by atoms with Gasteiger partial charge in [-0.05, 0) is 54.8 Å². The first kappa shape index (κ1) is 20.7. The molecule has 0 aliphatic carbocycles. The van der Waals surface area contributed by atoms with Crippen molar-refractivity contribution in [2.45, 2.75) is 31.2 Å². The van der Waals surface area contributed by atoms with Crippen molar-refractivity contribution in [3.63, 3.8) is 0 Å². The van der Waals surface area contributed by atoms with Crippen LogP contribution in [0.3, 0.4) is 0 Å². The number of hydrogen-bond donors (Lipinski definition) is 2. The third kappa shape index (κ3) is 4.33. The minimum Gasteiger partial charge on any atom is -0.497 e. The summed E-state index contributed by atoms with van der Waals surface area (Å²) in [5.74, 6) is 1.46. The zero-order valence-electron chi connectivity index (χ0n) is 16.5. The lowest BCUT2D eigenvalue weighted by atomic mass is 9.82. The number of hydrogen-bond acceptors (Lipinski definition) is 5. The van der Waals surface area contributed by atoms with E-state index in [1.54, 1.807) is 7.11 Å². The third-order valence-electron chi connectivity index (χ3n) is 5.58. The van der Waals surface area contributed by atoms with Gasteiger partial charge < -0.3 is 14.8 Å². The molecule has 0 saturated carbocycles. The number of carbonyl (C=O) groups excluding carboxylic acids is 2. The number of rotatable bonds is 8. The van der Waals surface area contributed by atoms with Gasteiger partial charge in [-0.25, -0.2) is 0 Å². The van der Waals surface area contributed by atoms with Crippen LogP contribution in [0.1, 0.15) is 25.3 Å². The number of benzene rings is 2. The monoisotopic (exact) mass is 400 g/mol. The maximum Gasteiger partial charge on any atom is 0.237 e. The van der Waals surface area contributed by atoms with E-state index in [4.69, 9.17) is 4.74 Å². The average Bonchev–Trinajstić information content (AvgIpc) is 3.18. The molecule has 1 saturated heterocycles. The summed E-state index contributed by atoms with van der Waals surface area (Å²) in [6.07, 6.45) is 2.80. The van der Waals surface area contributed by atoms with Gasteiger partial charge in [-0.1, -0.05) is 24.3 Å². The molecule has 28 heavy (non-hydrogen) atoms. The van der Waals surface area contributed by atoms with Crippen LogP contribution in [0.25, 0.3) is 10.8 Å². The predicted molar refractivity (Wildman–Crippen MR) is 115 cm³/mol. The quantitative estimate of drug-likeness (QED) is 0.528. The number of likely N-dealkylation sites (tertiary alicyclic amines) is 1. The number of methoxy groups -OCH3 is 1. The topological polar surface area (TPSA) is 58.6 Å². The van der Waals surface area contributed by atoms with Gasteiger partial charge in [-0.3, -0.25) is 9.69 Å². The minimum absolute atomic E-state index is 0.0328. The highest BCUT2D eigenvalue weighted by Gasteiger charge is 2.37. The van der Waals surface area contributed by atoms with E-state index in [2.05, 4.69) is 28.9 Å². The Kier molecular flexibility index (Phi) is 6.62. The molecule has 1 unspecified atom stereocenters. The van der Waals surface area contributed by atoms with Gasteiger partial charge in [0.15, 0.2) is 0 Å². The molecule has 2 aromatic carbocycles. The first-order valence-electron chi connectivity index (χ1n) is 9.68. The second-order valence-corrected chi connectivity index (χ2v) is 8.05. The first-order valence-corrected chi connectivity index (χ1v) is 10.3. The summed E-state index contributed by atoms with van der Waals surface area (Å²) in [5, 5.41) is 5.06. The molecule has 0 radical (unpaired) electrons. The van der Waals surface area contributed by atoms with Crippen molar-refractivity contribution in [3.05, 3.63) is 42.0 Å². The Morgan fingerprint density at radius 3 is 2.79 bits per heavy atom. The third-order valence-corrected chi connectivity index (χ3v) is 5.80. The van der Waals surface area contributed by atoms with Crippen LogP contribution in [0, 0.1) is 0 Å². The molecule has 150 valence electrons. The Labute approximate surface area is 171 Å². The molecule has 1 N–H and O–H groups in total. The summed E-state index contributed by atoms with van der Waals surface area (Å²) in [5.41, 5.74) is 0.280. The SMILES string of the molecule is COc1ccc2cc([C@](C)(C=O)CN3CCCC3C(=O)NCCS)ccc2c1. The molecule has 0 spiro atoms. The van der Waals surface area contributed by atoms with Crippen LogP contribution in [0.5, 0.6) is 5.75 Å². The summed E-state index contributed by atoms with van der Waals surface area (Å²) in [7, 11) is 1.65. The van der Waals surface area contributed by atoms with Gasteiger partial charge in [0.1, 0.15) is 12.0 Å². The molecule has 6 heteroatoms. The van der Waals surface area contributed by atoms with Crippen molar-refractivity contribution < 1.29 is 14.3 Å². The highest BCUT2D eigenvalue weighted by atomic mass is 32.1. The van der Waals surface area contributed by atoms with Gasteiger partial charge in [0.05, 0.1) is 18.6 Å². The van der Waals surface area contributed by atoms with E-state index in [0.29, 0.717) is 18.8 Å². The second-order valence-electron chi connectivity index (χ2n) is 7.61. The number of nitrogens with one attached hydrogen (secondary N) is 1. The Bertz CT molecular complexity index is 857. The van der Waals surface area contributed by atoms with E-state index >= 15 is 0 Å². The largest absolute Gasteiger partial charge is 0.497 e. The minimum atomic E-state index is -0.680. The molecule has 2 atom stereocenters. The van der Waals surface area contributed by atoms with E-state index in [0.717, 1.165) is 47.8 Å². The molecule has 2 aromatic rings. The summed E-state index contributed by atoms with van der Waals surface area (Å²) < 4.78 is 5.29. The van der Waals surface area contributed by atoms with Gasteiger partial charge in [0.2, 0.25) is 5.91 Å². The molecular formula is C22H28N2O3S.